The average Bonchev–Trinajstić information content (AvgIpc) is 3.37. The molecule has 1 fully saturated rings. The van der Waals surface area contributed by atoms with E-state index < -0.39 is 0 Å². The van der Waals surface area contributed by atoms with Crippen LogP contribution in [0.3, 0.4) is 0 Å². The Morgan fingerprint density at radius 2 is 2.20 bits per heavy atom. The molecule has 2 N–H and O–H groups in total. The van der Waals surface area contributed by atoms with Crippen molar-refractivity contribution in [1.82, 2.24) is 15.2 Å². The second kappa shape index (κ2) is 8.90. The molecule has 5 nitrogen and oxygen atoms in total. The highest BCUT2D eigenvalue weighted by Crippen LogP contribution is 2.28. The first-order valence-electron chi connectivity index (χ1n) is 9.32. The molecule has 3 rings (SSSR count). The zero-order valence-electron chi connectivity index (χ0n) is 15.4. The van der Waals surface area contributed by atoms with Gasteiger partial charge in [0.25, 0.3) is 0 Å². The van der Waals surface area contributed by atoms with Gasteiger partial charge in [0.2, 0.25) is 0 Å². The minimum Gasteiger partial charge on any atom is -0.379 e. The van der Waals surface area contributed by atoms with Gasteiger partial charge in [0.1, 0.15) is 0 Å². The largest absolute Gasteiger partial charge is 0.379 e. The first-order valence-corrected chi connectivity index (χ1v) is 9.32. The van der Waals surface area contributed by atoms with Crippen molar-refractivity contribution in [2.75, 3.05) is 40.4 Å². The lowest BCUT2D eigenvalue weighted by molar-refractivity contribution is 0.115. The predicted octanol–water partition coefficient (Wildman–Crippen LogP) is 3.03. The fourth-order valence-electron chi connectivity index (χ4n) is 3.04. The summed E-state index contributed by atoms with van der Waals surface area (Å²) in [4.78, 5) is 9.85. The van der Waals surface area contributed by atoms with Crippen molar-refractivity contribution in [3.05, 3.63) is 36.0 Å². The minimum atomic E-state index is 0.767. The Morgan fingerprint density at radius 3 is 3.00 bits per heavy atom. The molecule has 0 saturated heterocycles. The second-order valence-electron chi connectivity index (χ2n) is 6.88. The van der Waals surface area contributed by atoms with Crippen LogP contribution in [0.15, 0.2) is 35.5 Å². The number of likely N-dealkylation sites (N-methyl/N-ethyl adjacent to an activating group) is 1. The monoisotopic (exact) mass is 342 g/mol. The molecule has 136 valence electrons. The van der Waals surface area contributed by atoms with E-state index in [1.807, 2.05) is 7.05 Å². The summed E-state index contributed by atoms with van der Waals surface area (Å²) in [7, 11) is 3.90. The highest BCUT2D eigenvalue weighted by molar-refractivity contribution is 5.83. The van der Waals surface area contributed by atoms with Gasteiger partial charge in [-0.05, 0) is 43.2 Å². The van der Waals surface area contributed by atoms with Gasteiger partial charge in [-0.2, -0.15) is 0 Å². The van der Waals surface area contributed by atoms with Gasteiger partial charge in [-0.15, -0.1) is 0 Å². The fraction of sp³-hybridized carbons (Fsp3) is 0.550. The van der Waals surface area contributed by atoms with E-state index in [0.717, 1.165) is 51.0 Å². The molecule has 1 saturated carbocycles. The number of nitrogens with one attached hydrogen (secondary N) is 2. The number of ether oxygens (including phenoxy) is 1. The van der Waals surface area contributed by atoms with Gasteiger partial charge in [0.05, 0.1) is 6.61 Å². The molecular formula is C20H30N4O. The number of benzene rings is 1. The molecule has 5 heteroatoms. The van der Waals surface area contributed by atoms with E-state index in [4.69, 9.17) is 4.74 Å². The van der Waals surface area contributed by atoms with Gasteiger partial charge in [0.15, 0.2) is 5.96 Å². The standard InChI is InChI=1S/C20H30N4O/c1-21-20(24(2)12-13-25-15-16-9-10-16)22-11-5-6-17-14-23-19-8-4-3-7-18(17)19/h3-4,7-8,14,16,23H,5-6,9-13,15H2,1-2H3,(H,21,22). The number of guanidine groups is 1. The number of aromatic nitrogens is 1. The maximum absolute atomic E-state index is 5.71. The molecular weight excluding hydrogens is 312 g/mol. The number of H-pyrrole nitrogens is 1. The van der Waals surface area contributed by atoms with Crippen LogP contribution in [0.1, 0.15) is 24.8 Å². The van der Waals surface area contributed by atoms with E-state index in [1.165, 1.54) is 29.3 Å². The summed E-state index contributed by atoms with van der Waals surface area (Å²) in [6.07, 6.45) is 6.95. The van der Waals surface area contributed by atoms with Gasteiger partial charge in [0, 0.05) is 50.9 Å². The summed E-state index contributed by atoms with van der Waals surface area (Å²) >= 11 is 0. The van der Waals surface area contributed by atoms with Crippen LogP contribution in [0, 0.1) is 5.92 Å². The Morgan fingerprint density at radius 1 is 1.36 bits per heavy atom. The summed E-state index contributed by atoms with van der Waals surface area (Å²) in [6.45, 7) is 3.47. The highest BCUT2D eigenvalue weighted by atomic mass is 16.5. The first-order chi connectivity index (χ1) is 12.3. The van der Waals surface area contributed by atoms with Gasteiger partial charge in [-0.1, -0.05) is 18.2 Å². The van der Waals surface area contributed by atoms with Crippen LogP contribution in [0.25, 0.3) is 10.9 Å². The summed E-state index contributed by atoms with van der Waals surface area (Å²) in [5.41, 5.74) is 2.60. The van der Waals surface area contributed by atoms with Crippen molar-refractivity contribution in [3.8, 4) is 0 Å². The third kappa shape index (κ3) is 5.23. The zero-order valence-corrected chi connectivity index (χ0v) is 15.4. The number of rotatable bonds is 9. The van der Waals surface area contributed by atoms with E-state index in [2.05, 4.69) is 57.7 Å². The number of para-hydroxylation sites is 1. The maximum Gasteiger partial charge on any atom is 0.193 e. The molecule has 1 aliphatic carbocycles. The summed E-state index contributed by atoms with van der Waals surface area (Å²) in [5.74, 6) is 1.77. The van der Waals surface area contributed by atoms with E-state index in [-0.39, 0.29) is 0 Å². The van der Waals surface area contributed by atoms with Crippen LogP contribution in [0.5, 0.6) is 0 Å². The van der Waals surface area contributed by atoms with Crippen molar-refractivity contribution in [1.29, 1.82) is 0 Å². The third-order valence-corrected chi connectivity index (χ3v) is 4.78. The SMILES string of the molecule is CN=C(NCCCc1c[nH]c2ccccc12)N(C)CCOCC1CC1. The maximum atomic E-state index is 5.71. The first kappa shape index (κ1) is 17.8. The van der Waals surface area contributed by atoms with Gasteiger partial charge >= 0.3 is 0 Å². The Labute approximate surface area is 150 Å². The Bertz CT molecular complexity index is 690. The lowest BCUT2D eigenvalue weighted by Gasteiger charge is -2.22. The average molecular weight is 342 g/mol. The summed E-state index contributed by atoms with van der Waals surface area (Å²) in [6, 6.07) is 8.47. The van der Waals surface area contributed by atoms with E-state index >= 15 is 0 Å². The lowest BCUT2D eigenvalue weighted by atomic mass is 10.1. The Balaban J connectivity index is 1.36. The zero-order chi connectivity index (χ0) is 17.5. The third-order valence-electron chi connectivity index (χ3n) is 4.78. The quantitative estimate of drug-likeness (QED) is 0.418. The number of aliphatic imine (C=N–C) groups is 1. The van der Waals surface area contributed by atoms with Gasteiger partial charge < -0.3 is 19.9 Å². The van der Waals surface area contributed by atoms with Crippen LogP contribution >= 0.6 is 0 Å². The molecule has 0 aliphatic heterocycles. The van der Waals surface area contributed by atoms with Crippen molar-refractivity contribution < 1.29 is 4.74 Å². The Hall–Kier alpha value is -2.01. The van der Waals surface area contributed by atoms with Gasteiger partial charge in [-0.3, -0.25) is 4.99 Å². The van der Waals surface area contributed by atoms with Gasteiger partial charge in [-0.25, -0.2) is 0 Å². The van der Waals surface area contributed by atoms with E-state index in [9.17, 15) is 0 Å². The molecule has 25 heavy (non-hydrogen) atoms. The number of fused-ring (bicyclic) bond motifs is 1. The summed E-state index contributed by atoms with van der Waals surface area (Å²) < 4.78 is 5.71. The number of aryl methyl sites for hydroxylation is 1. The van der Waals surface area contributed by atoms with Crippen molar-refractivity contribution >= 4 is 16.9 Å². The predicted molar refractivity (Wildman–Crippen MR) is 104 cm³/mol. The molecule has 1 aromatic heterocycles. The molecule has 0 spiro atoms. The highest BCUT2D eigenvalue weighted by Gasteiger charge is 2.21. The molecule has 0 bridgehead atoms. The molecule has 0 radical (unpaired) electrons. The van der Waals surface area contributed by atoms with E-state index in [0.29, 0.717) is 0 Å². The van der Waals surface area contributed by atoms with Crippen LogP contribution in [0.4, 0.5) is 0 Å². The number of nitrogens with zero attached hydrogens (tertiary/aromatic N) is 2. The van der Waals surface area contributed by atoms with Crippen molar-refractivity contribution in [2.24, 2.45) is 10.9 Å². The molecule has 0 atom stereocenters. The molecule has 2 aromatic rings. The fourth-order valence-corrected chi connectivity index (χ4v) is 3.04. The molecule has 0 unspecified atom stereocenters. The molecule has 1 aliphatic rings. The summed E-state index contributed by atoms with van der Waals surface area (Å²) in [5, 5.41) is 4.78. The van der Waals surface area contributed by atoms with Crippen molar-refractivity contribution in [2.45, 2.75) is 25.7 Å². The topological polar surface area (TPSA) is 52.7 Å². The smallest absolute Gasteiger partial charge is 0.193 e. The Kier molecular flexibility index (Phi) is 6.34. The second-order valence-corrected chi connectivity index (χ2v) is 6.88. The van der Waals surface area contributed by atoms with Crippen LogP contribution < -0.4 is 5.32 Å². The number of aromatic amines is 1. The number of hydrogen-bond donors (Lipinski definition) is 2. The van der Waals surface area contributed by atoms with Crippen LogP contribution in [0.2, 0.25) is 0 Å². The normalized spacial score (nSPS) is 14.9. The van der Waals surface area contributed by atoms with Crippen molar-refractivity contribution in [3.63, 3.8) is 0 Å². The molecule has 0 amide bonds. The van der Waals surface area contributed by atoms with Crippen LogP contribution in [-0.4, -0.2) is 56.2 Å². The lowest BCUT2D eigenvalue weighted by Crippen LogP contribution is -2.41. The number of hydrogen-bond acceptors (Lipinski definition) is 2. The van der Waals surface area contributed by atoms with Crippen LogP contribution in [-0.2, 0) is 11.2 Å². The molecule has 1 heterocycles. The molecule has 1 aromatic carbocycles. The van der Waals surface area contributed by atoms with E-state index in [1.54, 1.807) is 0 Å². The minimum absolute atomic E-state index is 0.767.